The van der Waals surface area contributed by atoms with Crippen molar-refractivity contribution in [1.82, 2.24) is 0 Å². The third kappa shape index (κ3) is 2.59. The molecule has 0 saturated carbocycles. The van der Waals surface area contributed by atoms with E-state index >= 15 is 0 Å². The number of anilines is 1. The number of aryl methyl sites for hydroxylation is 1. The normalized spacial score (nSPS) is 9.85. The Morgan fingerprint density at radius 2 is 2.10 bits per heavy atom. The fourth-order valence-electron chi connectivity index (χ4n) is 1.81. The van der Waals surface area contributed by atoms with E-state index < -0.39 is 17.5 Å². The molecule has 100 valence electrons. The number of halogens is 1. The molecule has 0 fully saturated rings. The highest BCUT2D eigenvalue weighted by molar-refractivity contribution is 6.06. The molecule has 20 heavy (non-hydrogen) atoms. The summed E-state index contributed by atoms with van der Waals surface area (Å²) in [6.07, 6.45) is 0. The second-order valence-electron chi connectivity index (χ2n) is 4.22. The van der Waals surface area contributed by atoms with Gasteiger partial charge in [0.25, 0.3) is 5.91 Å². The molecule has 0 saturated heterocycles. The van der Waals surface area contributed by atoms with Crippen molar-refractivity contribution >= 4 is 11.6 Å². The average Bonchev–Trinajstić information content (AvgIpc) is 2.38. The van der Waals surface area contributed by atoms with Crippen LogP contribution in [-0.4, -0.2) is 11.0 Å². The number of phenols is 1. The van der Waals surface area contributed by atoms with Gasteiger partial charge in [0, 0.05) is 6.07 Å². The summed E-state index contributed by atoms with van der Waals surface area (Å²) in [5, 5.41) is 21.2. The number of hydrogen-bond donors (Lipinski definition) is 2. The van der Waals surface area contributed by atoms with Gasteiger partial charge in [0.2, 0.25) is 0 Å². The van der Waals surface area contributed by atoms with Gasteiger partial charge < -0.3 is 10.4 Å². The van der Waals surface area contributed by atoms with Crippen molar-refractivity contribution in [3.8, 4) is 11.8 Å². The molecule has 2 aromatic rings. The Labute approximate surface area is 115 Å². The van der Waals surface area contributed by atoms with Crippen molar-refractivity contribution in [1.29, 1.82) is 5.26 Å². The number of carbonyl (C=O) groups is 1. The van der Waals surface area contributed by atoms with Crippen LogP contribution in [0.25, 0.3) is 0 Å². The zero-order valence-corrected chi connectivity index (χ0v) is 10.6. The lowest BCUT2D eigenvalue weighted by atomic mass is 10.1. The van der Waals surface area contributed by atoms with E-state index in [1.807, 2.05) is 6.07 Å². The largest absolute Gasteiger partial charge is 0.507 e. The molecule has 0 spiro atoms. The van der Waals surface area contributed by atoms with Gasteiger partial charge in [-0.3, -0.25) is 4.79 Å². The predicted molar refractivity (Wildman–Crippen MR) is 71.9 cm³/mol. The Morgan fingerprint density at radius 3 is 2.75 bits per heavy atom. The molecule has 0 aliphatic rings. The minimum atomic E-state index is -0.632. The Hall–Kier alpha value is -2.87. The standard InChI is InChI=1S/C15H11FN2O2/c1-9-3-2-4-13(12(9)8-17)18-15(20)11-6-5-10(16)7-14(11)19/h2-7,19H,1H3,(H,18,20). The van der Waals surface area contributed by atoms with Crippen molar-refractivity contribution in [3.63, 3.8) is 0 Å². The Bertz CT molecular complexity index is 720. The first kappa shape index (κ1) is 13.6. The quantitative estimate of drug-likeness (QED) is 0.881. The maximum atomic E-state index is 12.9. The molecule has 1 amide bonds. The third-order valence-electron chi connectivity index (χ3n) is 2.84. The molecular formula is C15H11FN2O2. The number of hydrogen-bond acceptors (Lipinski definition) is 3. The summed E-state index contributed by atoms with van der Waals surface area (Å²) in [4.78, 5) is 12.0. The minimum absolute atomic E-state index is 0.0585. The van der Waals surface area contributed by atoms with Crippen molar-refractivity contribution in [2.75, 3.05) is 5.32 Å². The van der Waals surface area contributed by atoms with Crippen molar-refractivity contribution in [2.45, 2.75) is 6.92 Å². The first-order valence-corrected chi connectivity index (χ1v) is 5.82. The van der Waals surface area contributed by atoms with Gasteiger partial charge in [0.15, 0.2) is 0 Å². The van der Waals surface area contributed by atoms with E-state index in [1.54, 1.807) is 25.1 Å². The third-order valence-corrected chi connectivity index (χ3v) is 2.84. The molecule has 0 atom stereocenters. The molecular weight excluding hydrogens is 259 g/mol. The lowest BCUT2D eigenvalue weighted by molar-refractivity contribution is 0.102. The monoisotopic (exact) mass is 270 g/mol. The SMILES string of the molecule is Cc1cccc(NC(=O)c2ccc(F)cc2O)c1C#N. The maximum absolute atomic E-state index is 12.9. The number of nitriles is 1. The second kappa shape index (κ2) is 5.41. The number of nitrogens with zero attached hydrogens (tertiary/aromatic N) is 1. The van der Waals surface area contributed by atoms with E-state index in [0.29, 0.717) is 11.3 Å². The number of carbonyl (C=O) groups excluding carboxylic acids is 1. The molecule has 0 aliphatic carbocycles. The van der Waals surface area contributed by atoms with Crippen LogP contribution in [0.3, 0.4) is 0 Å². The molecule has 2 aromatic carbocycles. The van der Waals surface area contributed by atoms with Gasteiger partial charge in [0.05, 0.1) is 16.8 Å². The lowest BCUT2D eigenvalue weighted by Gasteiger charge is -2.09. The maximum Gasteiger partial charge on any atom is 0.259 e. The summed E-state index contributed by atoms with van der Waals surface area (Å²) >= 11 is 0. The fourth-order valence-corrected chi connectivity index (χ4v) is 1.81. The zero-order valence-electron chi connectivity index (χ0n) is 10.6. The van der Waals surface area contributed by atoms with E-state index in [-0.39, 0.29) is 5.56 Å². The Balaban J connectivity index is 2.33. The summed E-state index contributed by atoms with van der Waals surface area (Å²) in [7, 11) is 0. The summed E-state index contributed by atoms with van der Waals surface area (Å²) in [5.74, 6) is -1.69. The summed E-state index contributed by atoms with van der Waals surface area (Å²) < 4.78 is 12.9. The molecule has 2 N–H and O–H groups in total. The number of rotatable bonds is 2. The number of nitrogens with one attached hydrogen (secondary N) is 1. The zero-order chi connectivity index (χ0) is 14.7. The molecule has 2 rings (SSSR count). The Kier molecular flexibility index (Phi) is 3.67. The van der Waals surface area contributed by atoms with Crippen LogP contribution in [0.2, 0.25) is 0 Å². The molecule has 0 bridgehead atoms. The molecule has 0 unspecified atom stereocenters. The highest BCUT2D eigenvalue weighted by atomic mass is 19.1. The summed E-state index contributed by atoms with van der Waals surface area (Å²) in [6, 6.07) is 10.2. The van der Waals surface area contributed by atoms with Gasteiger partial charge >= 0.3 is 0 Å². The van der Waals surface area contributed by atoms with Crippen molar-refractivity contribution in [3.05, 3.63) is 58.9 Å². The highest BCUT2D eigenvalue weighted by Gasteiger charge is 2.14. The summed E-state index contributed by atoms with van der Waals surface area (Å²) in [5.41, 5.74) is 1.37. The molecule has 0 heterocycles. The summed E-state index contributed by atoms with van der Waals surface area (Å²) in [6.45, 7) is 1.75. The molecule has 0 radical (unpaired) electrons. The van der Waals surface area contributed by atoms with Gasteiger partial charge in [-0.05, 0) is 30.7 Å². The molecule has 5 heteroatoms. The van der Waals surface area contributed by atoms with Crippen LogP contribution in [0.15, 0.2) is 36.4 Å². The van der Waals surface area contributed by atoms with Crippen LogP contribution < -0.4 is 5.32 Å². The van der Waals surface area contributed by atoms with Crippen LogP contribution in [0, 0.1) is 24.1 Å². The minimum Gasteiger partial charge on any atom is -0.507 e. The second-order valence-corrected chi connectivity index (χ2v) is 4.22. The van der Waals surface area contributed by atoms with E-state index in [4.69, 9.17) is 5.26 Å². The van der Waals surface area contributed by atoms with Crippen LogP contribution in [0.4, 0.5) is 10.1 Å². The van der Waals surface area contributed by atoms with Gasteiger partial charge in [-0.1, -0.05) is 12.1 Å². The topological polar surface area (TPSA) is 73.1 Å². The first-order valence-electron chi connectivity index (χ1n) is 5.82. The molecule has 0 aromatic heterocycles. The van der Waals surface area contributed by atoms with Crippen molar-refractivity contribution in [2.24, 2.45) is 0 Å². The van der Waals surface area contributed by atoms with Crippen LogP contribution in [0.1, 0.15) is 21.5 Å². The highest BCUT2D eigenvalue weighted by Crippen LogP contribution is 2.22. The van der Waals surface area contributed by atoms with Crippen molar-refractivity contribution < 1.29 is 14.3 Å². The number of amides is 1. The lowest BCUT2D eigenvalue weighted by Crippen LogP contribution is -2.13. The van der Waals surface area contributed by atoms with Gasteiger partial charge in [-0.2, -0.15) is 5.26 Å². The van der Waals surface area contributed by atoms with E-state index in [0.717, 1.165) is 17.7 Å². The van der Waals surface area contributed by atoms with Crippen LogP contribution in [0.5, 0.6) is 5.75 Å². The predicted octanol–water partition coefficient (Wildman–Crippen LogP) is 2.96. The van der Waals surface area contributed by atoms with Crippen LogP contribution in [-0.2, 0) is 0 Å². The average molecular weight is 270 g/mol. The van der Waals surface area contributed by atoms with Gasteiger partial charge in [-0.25, -0.2) is 4.39 Å². The smallest absolute Gasteiger partial charge is 0.259 e. The van der Waals surface area contributed by atoms with E-state index in [9.17, 15) is 14.3 Å². The van der Waals surface area contributed by atoms with Gasteiger partial charge in [0.1, 0.15) is 17.6 Å². The molecule has 4 nitrogen and oxygen atoms in total. The number of benzene rings is 2. The van der Waals surface area contributed by atoms with E-state index in [1.165, 1.54) is 6.07 Å². The number of aromatic hydroxyl groups is 1. The van der Waals surface area contributed by atoms with Gasteiger partial charge in [-0.15, -0.1) is 0 Å². The van der Waals surface area contributed by atoms with Crippen LogP contribution >= 0.6 is 0 Å². The fraction of sp³-hybridized carbons (Fsp3) is 0.0667. The Morgan fingerprint density at radius 1 is 1.35 bits per heavy atom. The number of phenolic OH excluding ortho intramolecular Hbond substituents is 1. The molecule has 0 aliphatic heterocycles. The first-order chi connectivity index (χ1) is 9.52. The van der Waals surface area contributed by atoms with E-state index in [2.05, 4.69) is 5.32 Å².